The summed E-state index contributed by atoms with van der Waals surface area (Å²) in [6.45, 7) is 0.732. The van der Waals surface area contributed by atoms with Crippen molar-refractivity contribution in [2.45, 2.75) is 19.4 Å². The van der Waals surface area contributed by atoms with Crippen LogP contribution in [0.5, 0.6) is 0 Å². The van der Waals surface area contributed by atoms with Crippen LogP contribution in [-0.4, -0.2) is 20.4 Å². The van der Waals surface area contributed by atoms with Gasteiger partial charge in [0, 0.05) is 30.6 Å². The van der Waals surface area contributed by atoms with E-state index in [1.54, 1.807) is 17.4 Å². The maximum Gasteiger partial charge on any atom is 0.151 e. The molecule has 3 nitrogen and oxygen atoms in total. The Labute approximate surface area is 125 Å². The van der Waals surface area contributed by atoms with E-state index >= 15 is 0 Å². The lowest BCUT2D eigenvalue weighted by molar-refractivity contribution is 0.637. The molecule has 104 valence electrons. The van der Waals surface area contributed by atoms with Crippen LogP contribution in [0, 0.1) is 5.82 Å². The van der Waals surface area contributed by atoms with E-state index in [2.05, 4.69) is 9.97 Å². The van der Waals surface area contributed by atoms with Crippen LogP contribution in [0.4, 0.5) is 4.39 Å². The van der Waals surface area contributed by atoms with Crippen LogP contribution in [0.2, 0.25) is 0 Å². The number of para-hydroxylation sites is 1. The molecule has 0 N–H and O–H groups in total. The summed E-state index contributed by atoms with van der Waals surface area (Å²) >= 11 is 7.40. The Morgan fingerprint density at radius 2 is 2.20 bits per heavy atom. The summed E-state index contributed by atoms with van der Waals surface area (Å²) in [5.74, 6) is 1.02. The minimum Gasteiger partial charge on any atom is -0.327 e. The highest BCUT2D eigenvalue weighted by Gasteiger charge is 2.13. The van der Waals surface area contributed by atoms with Gasteiger partial charge in [-0.25, -0.2) is 14.4 Å². The Hall–Kier alpha value is -1.46. The number of benzene rings is 1. The summed E-state index contributed by atoms with van der Waals surface area (Å²) in [5.41, 5.74) is 4.11. The Bertz CT molecular complexity index is 709. The molecule has 0 unspecified atom stereocenters. The first kappa shape index (κ1) is 13.5. The fraction of sp³-hybridized carbons (Fsp3) is 0.286. The summed E-state index contributed by atoms with van der Waals surface area (Å²) < 4.78 is 15.9. The second kappa shape index (κ2) is 5.89. The Morgan fingerprint density at radius 1 is 1.30 bits per heavy atom. The number of rotatable bonds is 5. The Morgan fingerprint density at radius 3 is 2.95 bits per heavy atom. The highest BCUT2D eigenvalue weighted by atomic mass is 35.5. The van der Waals surface area contributed by atoms with Gasteiger partial charge in [-0.1, -0.05) is 6.07 Å². The van der Waals surface area contributed by atoms with E-state index in [4.69, 9.17) is 11.6 Å². The number of aryl methyl sites for hydroxylation is 3. The van der Waals surface area contributed by atoms with Gasteiger partial charge < -0.3 is 4.57 Å². The maximum absolute atomic E-state index is 13.8. The zero-order valence-electron chi connectivity index (χ0n) is 10.7. The molecule has 0 fully saturated rings. The van der Waals surface area contributed by atoms with Crippen molar-refractivity contribution in [1.29, 1.82) is 0 Å². The van der Waals surface area contributed by atoms with Crippen molar-refractivity contribution >= 4 is 34.0 Å². The number of nitrogens with zero attached hydrogens (tertiary/aromatic N) is 3. The molecule has 2 heterocycles. The minimum atomic E-state index is -0.286. The molecule has 0 amide bonds. The highest BCUT2D eigenvalue weighted by molar-refractivity contribution is 7.07. The van der Waals surface area contributed by atoms with Crippen molar-refractivity contribution in [2.75, 3.05) is 5.88 Å². The third-order valence-electron chi connectivity index (χ3n) is 3.20. The molecule has 3 rings (SSSR count). The molecule has 0 spiro atoms. The van der Waals surface area contributed by atoms with E-state index in [1.165, 1.54) is 6.07 Å². The zero-order chi connectivity index (χ0) is 13.9. The number of fused-ring (bicyclic) bond motifs is 1. The third kappa shape index (κ3) is 2.55. The fourth-order valence-corrected chi connectivity index (χ4v) is 3.04. The first-order valence-electron chi connectivity index (χ1n) is 6.36. The number of halogens is 2. The van der Waals surface area contributed by atoms with Gasteiger partial charge >= 0.3 is 0 Å². The van der Waals surface area contributed by atoms with Gasteiger partial charge in [0.2, 0.25) is 0 Å². The van der Waals surface area contributed by atoms with Gasteiger partial charge in [-0.3, -0.25) is 0 Å². The maximum atomic E-state index is 13.8. The van der Waals surface area contributed by atoms with Crippen molar-refractivity contribution in [3.63, 3.8) is 0 Å². The van der Waals surface area contributed by atoms with Crippen LogP contribution in [0.25, 0.3) is 11.0 Å². The predicted octanol–water partition coefficient (Wildman–Crippen LogP) is 3.66. The fourth-order valence-electron chi connectivity index (χ4n) is 2.27. The lowest BCUT2D eigenvalue weighted by Gasteiger charge is -2.07. The quantitative estimate of drug-likeness (QED) is 0.673. The van der Waals surface area contributed by atoms with Gasteiger partial charge in [-0.15, -0.1) is 22.9 Å². The van der Waals surface area contributed by atoms with E-state index in [0.717, 1.165) is 30.0 Å². The molecule has 6 heteroatoms. The molecular weight excluding hydrogens is 297 g/mol. The average molecular weight is 310 g/mol. The first-order chi connectivity index (χ1) is 9.79. The molecule has 3 aromatic rings. The topological polar surface area (TPSA) is 30.7 Å². The largest absolute Gasteiger partial charge is 0.327 e. The molecule has 0 aliphatic carbocycles. The Kier molecular flexibility index (Phi) is 3.98. The van der Waals surface area contributed by atoms with Gasteiger partial charge in [0.1, 0.15) is 11.3 Å². The van der Waals surface area contributed by atoms with Crippen LogP contribution in [0.15, 0.2) is 29.1 Å². The second-order valence-corrected chi connectivity index (χ2v) is 5.55. The summed E-state index contributed by atoms with van der Waals surface area (Å²) in [6, 6.07) is 5.04. The van der Waals surface area contributed by atoms with Crippen LogP contribution >= 0.6 is 22.9 Å². The summed E-state index contributed by atoms with van der Waals surface area (Å²) in [4.78, 5) is 8.66. The van der Waals surface area contributed by atoms with E-state index in [9.17, 15) is 4.39 Å². The van der Waals surface area contributed by atoms with Gasteiger partial charge in [0.15, 0.2) is 5.82 Å². The van der Waals surface area contributed by atoms with Crippen molar-refractivity contribution in [3.8, 4) is 0 Å². The van der Waals surface area contributed by atoms with Gasteiger partial charge in [0.05, 0.1) is 16.7 Å². The standard InChI is InChI=1S/C14H13ClFN3S/c15-6-4-13-18-14-11(16)2-1-3-12(14)19(13)7-5-10-8-20-9-17-10/h1-3,8-9H,4-7H2. The van der Waals surface area contributed by atoms with E-state index in [-0.39, 0.29) is 5.82 Å². The minimum absolute atomic E-state index is 0.286. The summed E-state index contributed by atoms with van der Waals surface area (Å²) in [7, 11) is 0. The average Bonchev–Trinajstić information content (AvgIpc) is 3.05. The Balaban J connectivity index is 1.98. The molecule has 2 aromatic heterocycles. The van der Waals surface area contributed by atoms with Gasteiger partial charge in [0.25, 0.3) is 0 Å². The number of hydrogen-bond acceptors (Lipinski definition) is 3. The van der Waals surface area contributed by atoms with Crippen molar-refractivity contribution in [3.05, 3.63) is 46.4 Å². The molecule has 0 saturated heterocycles. The molecular formula is C14H13ClFN3S. The van der Waals surface area contributed by atoms with E-state index < -0.39 is 0 Å². The SMILES string of the molecule is Fc1cccc2c1nc(CCCl)n2CCc1cscn1. The zero-order valence-corrected chi connectivity index (χ0v) is 12.3. The molecule has 0 aliphatic heterocycles. The normalized spacial score (nSPS) is 11.3. The van der Waals surface area contributed by atoms with E-state index in [1.807, 2.05) is 21.5 Å². The highest BCUT2D eigenvalue weighted by Crippen LogP contribution is 2.20. The van der Waals surface area contributed by atoms with Crippen molar-refractivity contribution in [1.82, 2.24) is 14.5 Å². The van der Waals surface area contributed by atoms with E-state index in [0.29, 0.717) is 17.8 Å². The number of aromatic nitrogens is 3. The molecule has 20 heavy (non-hydrogen) atoms. The third-order valence-corrected chi connectivity index (χ3v) is 4.03. The van der Waals surface area contributed by atoms with Gasteiger partial charge in [-0.05, 0) is 12.1 Å². The summed E-state index contributed by atoms with van der Waals surface area (Å²) in [6.07, 6.45) is 1.44. The lowest BCUT2D eigenvalue weighted by Crippen LogP contribution is -2.07. The molecule has 0 bridgehead atoms. The van der Waals surface area contributed by atoms with Crippen LogP contribution < -0.4 is 0 Å². The van der Waals surface area contributed by atoms with Crippen LogP contribution in [-0.2, 0) is 19.4 Å². The number of thiazole rings is 1. The molecule has 0 saturated carbocycles. The second-order valence-electron chi connectivity index (χ2n) is 4.46. The first-order valence-corrected chi connectivity index (χ1v) is 7.84. The predicted molar refractivity (Wildman–Crippen MR) is 79.9 cm³/mol. The number of alkyl halides is 1. The molecule has 0 aliphatic rings. The van der Waals surface area contributed by atoms with Crippen molar-refractivity contribution in [2.24, 2.45) is 0 Å². The van der Waals surface area contributed by atoms with Crippen molar-refractivity contribution < 1.29 is 4.39 Å². The van der Waals surface area contributed by atoms with Gasteiger partial charge in [-0.2, -0.15) is 0 Å². The number of hydrogen-bond donors (Lipinski definition) is 0. The summed E-state index contributed by atoms with van der Waals surface area (Å²) in [5, 5.41) is 2.03. The molecule has 1 aromatic carbocycles. The molecule has 0 atom stereocenters. The monoisotopic (exact) mass is 309 g/mol. The van der Waals surface area contributed by atoms with Crippen LogP contribution in [0.3, 0.4) is 0 Å². The van der Waals surface area contributed by atoms with Crippen LogP contribution in [0.1, 0.15) is 11.5 Å². The molecule has 0 radical (unpaired) electrons. The number of imidazole rings is 1. The smallest absolute Gasteiger partial charge is 0.151 e. The lowest BCUT2D eigenvalue weighted by atomic mass is 10.3.